The third-order valence-electron chi connectivity index (χ3n) is 4.02. The Morgan fingerprint density at radius 1 is 0.964 bits per heavy atom. The number of hydrogen-bond acceptors (Lipinski definition) is 2. The van der Waals surface area contributed by atoms with Gasteiger partial charge in [0.15, 0.2) is 0 Å². The van der Waals surface area contributed by atoms with Crippen LogP contribution in [0, 0.1) is 0 Å². The summed E-state index contributed by atoms with van der Waals surface area (Å²) < 4.78 is 44.4. The van der Waals surface area contributed by atoms with Crippen LogP contribution in [-0.4, -0.2) is 11.1 Å². The third kappa shape index (κ3) is 4.64. The normalized spacial score (nSPS) is 11.3. The molecule has 3 rings (SSSR count). The van der Waals surface area contributed by atoms with E-state index in [2.05, 4.69) is 0 Å². The number of carbonyl (C=O) groups is 1. The summed E-state index contributed by atoms with van der Waals surface area (Å²) in [6.07, 6.45) is -4.48. The summed E-state index contributed by atoms with van der Waals surface area (Å²) >= 11 is 5.91. The van der Waals surface area contributed by atoms with E-state index < -0.39 is 17.7 Å². The molecule has 0 aromatic heterocycles. The van der Waals surface area contributed by atoms with Crippen LogP contribution >= 0.6 is 11.6 Å². The second kappa shape index (κ2) is 7.94. The number of carboxylic acids is 1. The topological polar surface area (TPSA) is 46.5 Å². The van der Waals surface area contributed by atoms with Gasteiger partial charge in [0.05, 0.1) is 5.56 Å². The lowest BCUT2D eigenvalue weighted by Crippen LogP contribution is -2.05. The highest BCUT2D eigenvalue weighted by atomic mass is 35.5. The standard InChI is InChI=1S/C21H14ClF3O3/c22-17-6-1-3-13(9-17)12-28-19-8-7-15(11-18(19)20(26)27)14-4-2-5-16(10-14)21(23,24)25/h1-11H,12H2,(H,26,27). The molecule has 0 fully saturated rings. The van der Waals surface area contributed by atoms with E-state index in [0.717, 1.165) is 17.7 Å². The van der Waals surface area contributed by atoms with Gasteiger partial charge in [-0.05, 0) is 53.1 Å². The lowest BCUT2D eigenvalue weighted by atomic mass is 10.0. The molecule has 144 valence electrons. The zero-order valence-corrected chi connectivity index (χ0v) is 15.1. The van der Waals surface area contributed by atoms with Gasteiger partial charge in [0, 0.05) is 5.02 Å². The van der Waals surface area contributed by atoms with Crippen molar-refractivity contribution >= 4 is 17.6 Å². The quantitative estimate of drug-likeness (QED) is 0.540. The van der Waals surface area contributed by atoms with E-state index in [-0.39, 0.29) is 23.5 Å². The minimum Gasteiger partial charge on any atom is -0.488 e. The summed E-state index contributed by atoms with van der Waals surface area (Å²) in [6, 6.07) is 15.9. The highest BCUT2D eigenvalue weighted by molar-refractivity contribution is 6.30. The molecule has 7 heteroatoms. The molecule has 0 saturated heterocycles. The highest BCUT2D eigenvalue weighted by Crippen LogP contribution is 2.33. The highest BCUT2D eigenvalue weighted by Gasteiger charge is 2.30. The van der Waals surface area contributed by atoms with Crippen LogP contribution in [0.4, 0.5) is 13.2 Å². The van der Waals surface area contributed by atoms with Gasteiger partial charge in [-0.15, -0.1) is 0 Å². The van der Waals surface area contributed by atoms with Gasteiger partial charge in [0.2, 0.25) is 0 Å². The Morgan fingerprint density at radius 3 is 2.36 bits per heavy atom. The maximum Gasteiger partial charge on any atom is 0.416 e. The number of alkyl halides is 3. The summed E-state index contributed by atoms with van der Waals surface area (Å²) in [5, 5.41) is 10.0. The molecule has 0 saturated carbocycles. The molecule has 0 bridgehead atoms. The molecule has 3 nitrogen and oxygen atoms in total. The Bertz CT molecular complexity index is 1020. The van der Waals surface area contributed by atoms with Crippen LogP contribution in [-0.2, 0) is 12.8 Å². The number of benzene rings is 3. The van der Waals surface area contributed by atoms with Crippen molar-refractivity contribution in [3.8, 4) is 16.9 Å². The molecule has 3 aromatic carbocycles. The Morgan fingerprint density at radius 2 is 1.68 bits per heavy atom. The molecule has 0 aliphatic carbocycles. The van der Waals surface area contributed by atoms with Crippen molar-refractivity contribution in [2.75, 3.05) is 0 Å². The SMILES string of the molecule is O=C(O)c1cc(-c2cccc(C(F)(F)F)c2)ccc1OCc1cccc(Cl)c1. The Hall–Kier alpha value is -2.99. The molecular formula is C21H14ClF3O3. The van der Waals surface area contributed by atoms with Crippen molar-refractivity contribution in [1.29, 1.82) is 0 Å². The van der Waals surface area contributed by atoms with Crippen LogP contribution in [0.3, 0.4) is 0 Å². The molecule has 28 heavy (non-hydrogen) atoms. The number of ether oxygens (including phenoxy) is 1. The van der Waals surface area contributed by atoms with Crippen molar-refractivity contribution in [1.82, 2.24) is 0 Å². The molecule has 0 amide bonds. The van der Waals surface area contributed by atoms with Crippen LogP contribution in [0.5, 0.6) is 5.75 Å². The van der Waals surface area contributed by atoms with Gasteiger partial charge in [-0.3, -0.25) is 0 Å². The average Bonchev–Trinajstić information content (AvgIpc) is 2.65. The molecule has 1 N–H and O–H groups in total. The molecule has 0 radical (unpaired) electrons. The lowest BCUT2D eigenvalue weighted by Gasteiger charge is -2.13. The van der Waals surface area contributed by atoms with Crippen LogP contribution in [0.15, 0.2) is 66.7 Å². The second-order valence-corrected chi connectivity index (χ2v) is 6.45. The molecule has 0 atom stereocenters. The van der Waals surface area contributed by atoms with Gasteiger partial charge in [0.25, 0.3) is 0 Å². The number of hydrogen-bond donors (Lipinski definition) is 1. The van der Waals surface area contributed by atoms with Crippen molar-refractivity contribution in [3.63, 3.8) is 0 Å². The van der Waals surface area contributed by atoms with Crippen LogP contribution < -0.4 is 4.74 Å². The molecule has 0 aliphatic rings. The second-order valence-electron chi connectivity index (χ2n) is 6.01. The first-order valence-electron chi connectivity index (χ1n) is 8.16. The monoisotopic (exact) mass is 406 g/mol. The predicted molar refractivity (Wildman–Crippen MR) is 99.6 cm³/mol. The van der Waals surface area contributed by atoms with Crippen molar-refractivity contribution in [3.05, 3.63) is 88.4 Å². The zero-order valence-electron chi connectivity index (χ0n) is 14.3. The Kier molecular flexibility index (Phi) is 5.61. The fourth-order valence-electron chi connectivity index (χ4n) is 2.67. The maximum atomic E-state index is 12.9. The lowest BCUT2D eigenvalue weighted by molar-refractivity contribution is -0.137. The van der Waals surface area contributed by atoms with E-state index in [9.17, 15) is 23.1 Å². The van der Waals surface area contributed by atoms with Crippen LogP contribution in [0.25, 0.3) is 11.1 Å². The summed E-state index contributed by atoms with van der Waals surface area (Å²) in [5.41, 5.74) is 0.420. The van der Waals surface area contributed by atoms with Gasteiger partial charge in [-0.2, -0.15) is 13.2 Å². The minimum atomic E-state index is -4.48. The third-order valence-corrected chi connectivity index (χ3v) is 4.25. The zero-order chi connectivity index (χ0) is 20.3. The van der Waals surface area contributed by atoms with E-state index in [1.165, 1.54) is 30.3 Å². The average molecular weight is 407 g/mol. The Balaban J connectivity index is 1.90. The fraction of sp³-hybridized carbons (Fsp3) is 0.0952. The first-order chi connectivity index (χ1) is 13.2. The Labute approximate surface area is 164 Å². The first-order valence-corrected chi connectivity index (χ1v) is 8.54. The van der Waals surface area contributed by atoms with Crippen LogP contribution in [0.1, 0.15) is 21.5 Å². The number of carboxylic acid groups (broad SMARTS) is 1. The van der Waals surface area contributed by atoms with E-state index >= 15 is 0 Å². The largest absolute Gasteiger partial charge is 0.488 e. The molecule has 0 spiro atoms. The van der Waals surface area contributed by atoms with Crippen molar-refractivity contribution < 1.29 is 27.8 Å². The van der Waals surface area contributed by atoms with Crippen molar-refractivity contribution in [2.24, 2.45) is 0 Å². The van der Waals surface area contributed by atoms with E-state index in [0.29, 0.717) is 10.6 Å². The maximum absolute atomic E-state index is 12.9. The number of aromatic carboxylic acids is 1. The van der Waals surface area contributed by atoms with Gasteiger partial charge in [-0.1, -0.05) is 41.9 Å². The van der Waals surface area contributed by atoms with Gasteiger partial charge < -0.3 is 9.84 Å². The number of halogens is 4. The van der Waals surface area contributed by atoms with Crippen molar-refractivity contribution in [2.45, 2.75) is 12.8 Å². The summed E-state index contributed by atoms with van der Waals surface area (Å²) in [4.78, 5) is 11.6. The summed E-state index contributed by atoms with van der Waals surface area (Å²) in [6.45, 7) is 0.101. The smallest absolute Gasteiger partial charge is 0.416 e. The molecule has 3 aromatic rings. The van der Waals surface area contributed by atoms with E-state index in [4.69, 9.17) is 16.3 Å². The van der Waals surface area contributed by atoms with Gasteiger partial charge in [0.1, 0.15) is 17.9 Å². The number of rotatable bonds is 5. The summed E-state index contributed by atoms with van der Waals surface area (Å²) in [5.74, 6) is -1.13. The van der Waals surface area contributed by atoms with Gasteiger partial charge in [-0.25, -0.2) is 4.79 Å². The molecule has 0 heterocycles. The predicted octanol–water partition coefficient (Wildman–Crippen LogP) is 6.30. The van der Waals surface area contributed by atoms with E-state index in [1.807, 2.05) is 0 Å². The first kappa shape index (κ1) is 19.8. The summed E-state index contributed by atoms with van der Waals surface area (Å²) in [7, 11) is 0. The molecule has 0 unspecified atom stereocenters. The van der Waals surface area contributed by atoms with E-state index in [1.54, 1.807) is 24.3 Å². The molecular weight excluding hydrogens is 393 g/mol. The van der Waals surface area contributed by atoms with Crippen LogP contribution in [0.2, 0.25) is 5.02 Å². The molecule has 0 aliphatic heterocycles. The fourth-order valence-corrected chi connectivity index (χ4v) is 2.88. The minimum absolute atomic E-state index is 0.101. The van der Waals surface area contributed by atoms with Gasteiger partial charge >= 0.3 is 12.1 Å².